The Morgan fingerprint density at radius 1 is 1.54 bits per heavy atom. The largest absolute Gasteiger partial charge is 0.386 e. The predicted molar refractivity (Wildman–Crippen MR) is 46.1 cm³/mol. The topological polar surface area (TPSA) is 55.8 Å². The minimum absolute atomic E-state index is 0.631. The van der Waals surface area contributed by atoms with Crippen LogP contribution in [0.25, 0.3) is 0 Å². The molecule has 74 valence electrons. The van der Waals surface area contributed by atoms with E-state index in [0.717, 1.165) is 0 Å². The van der Waals surface area contributed by atoms with Gasteiger partial charge in [-0.25, -0.2) is 0 Å². The molecule has 3 atom stereocenters. The van der Waals surface area contributed by atoms with Gasteiger partial charge in [0.2, 0.25) is 0 Å². The molecule has 4 nitrogen and oxygen atoms in total. The van der Waals surface area contributed by atoms with E-state index in [0.29, 0.717) is 6.29 Å². The fourth-order valence-corrected chi connectivity index (χ4v) is 1.32. The van der Waals surface area contributed by atoms with Crippen LogP contribution in [0.4, 0.5) is 0 Å². The van der Waals surface area contributed by atoms with Crippen LogP contribution < -0.4 is 0 Å². The van der Waals surface area contributed by atoms with Crippen LogP contribution in [0.1, 0.15) is 13.8 Å². The second-order valence-corrected chi connectivity index (χ2v) is 3.43. The Hall–Kier alpha value is -0.710. The fraction of sp³-hybridized carbons (Fsp3) is 0.667. The average Bonchev–Trinajstić information content (AvgIpc) is 2.39. The van der Waals surface area contributed by atoms with Gasteiger partial charge in [-0.05, 0) is 13.8 Å². The summed E-state index contributed by atoms with van der Waals surface area (Å²) in [6.07, 6.45) is -0.289. The number of ether oxygens (including phenoxy) is 2. The van der Waals surface area contributed by atoms with E-state index in [1.54, 1.807) is 13.8 Å². The number of rotatable bonds is 3. The quantitative estimate of drug-likeness (QED) is 0.507. The first-order valence-electron chi connectivity index (χ1n) is 4.12. The smallest absolute Gasteiger partial charge is 0.164 e. The molecular weight excluding hydrogens is 172 g/mol. The van der Waals surface area contributed by atoms with E-state index in [-0.39, 0.29) is 0 Å². The highest BCUT2D eigenvalue weighted by atomic mass is 16.8. The van der Waals surface area contributed by atoms with Crippen molar-refractivity contribution in [2.24, 2.45) is 0 Å². The summed E-state index contributed by atoms with van der Waals surface area (Å²) in [5, 5.41) is 9.41. The molecule has 13 heavy (non-hydrogen) atoms. The van der Waals surface area contributed by atoms with Crippen molar-refractivity contribution in [3.63, 3.8) is 0 Å². The Bertz CT molecular complexity index is 212. The Labute approximate surface area is 77.1 Å². The van der Waals surface area contributed by atoms with Gasteiger partial charge in [-0.15, -0.1) is 6.58 Å². The first kappa shape index (κ1) is 10.4. The van der Waals surface area contributed by atoms with Gasteiger partial charge in [0.15, 0.2) is 12.1 Å². The van der Waals surface area contributed by atoms with E-state index in [1.807, 2.05) is 0 Å². The van der Waals surface area contributed by atoms with Gasteiger partial charge >= 0.3 is 0 Å². The van der Waals surface area contributed by atoms with E-state index in [4.69, 9.17) is 9.47 Å². The van der Waals surface area contributed by atoms with Crippen molar-refractivity contribution in [2.45, 2.75) is 37.9 Å². The lowest BCUT2D eigenvalue weighted by Gasteiger charge is -2.18. The maximum Gasteiger partial charge on any atom is 0.164 e. The Morgan fingerprint density at radius 3 is 2.62 bits per heavy atom. The summed E-state index contributed by atoms with van der Waals surface area (Å²) >= 11 is 0. The monoisotopic (exact) mass is 186 g/mol. The fourth-order valence-electron chi connectivity index (χ4n) is 1.32. The molecule has 4 heteroatoms. The Kier molecular flexibility index (Phi) is 2.85. The summed E-state index contributed by atoms with van der Waals surface area (Å²) in [7, 11) is 0. The minimum atomic E-state index is -0.878. The third-order valence-electron chi connectivity index (χ3n) is 1.88. The van der Waals surface area contributed by atoms with Gasteiger partial charge in [-0.1, -0.05) is 6.08 Å². The van der Waals surface area contributed by atoms with Crippen LogP contribution in [0.15, 0.2) is 12.7 Å². The van der Waals surface area contributed by atoms with E-state index >= 15 is 0 Å². The predicted octanol–water partition coefficient (Wildman–Crippen LogP) is 0.252. The number of hydrogen-bond acceptors (Lipinski definition) is 4. The maximum atomic E-state index is 10.6. The van der Waals surface area contributed by atoms with E-state index < -0.39 is 24.1 Å². The van der Waals surface area contributed by atoms with Crippen LogP contribution in [0, 0.1) is 0 Å². The van der Waals surface area contributed by atoms with E-state index in [1.165, 1.54) is 6.08 Å². The zero-order valence-electron chi connectivity index (χ0n) is 7.77. The van der Waals surface area contributed by atoms with Crippen molar-refractivity contribution in [3.05, 3.63) is 12.7 Å². The molecule has 1 saturated heterocycles. The first-order chi connectivity index (χ1) is 6.00. The molecule has 0 bridgehead atoms. The van der Waals surface area contributed by atoms with Crippen LogP contribution >= 0.6 is 0 Å². The zero-order chi connectivity index (χ0) is 10.1. The highest BCUT2D eigenvalue weighted by molar-refractivity contribution is 5.58. The van der Waals surface area contributed by atoms with Crippen molar-refractivity contribution in [1.29, 1.82) is 0 Å². The van der Waals surface area contributed by atoms with Crippen molar-refractivity contribution in [3.8, 4) is 0 Å². The standard InChI is InChI=1S/C9H14O4/c1-4-6(11)8-7(5-10)12-9(2,3)13-8/h4-8,11H,1H2,2-3H3/t6-,7?,8?/m1/s1. The van der Waals surface area contributed by atoms with Crippen LogP contribution in [0.5, 0.6) is 0 Å². The average molecular weight is 186 g/mol. The van der Waals surface area contributed by atoms with E-state index in [9.17, 15) is 9.90 Å². The van der Waals surface area contributed by atoms with Crippen LogP contribution in [0.3, 0.4) is 0 Å². The summed E-state index contributed by atoms with van der Waals surface area (Å²) in [5.74, 6) is -0.819. The molecule has 0 aromatic carbocycles. The number of aliphatic hydroxyl groups is 1. The van der Waals surface area contributed by atoms with Gasteiger partial charge in [0.1, 0.15) is 18.3 Å². The molecule has 1 rings (SSSR count). The van der Waals surface area contributed by atoms with Gasteiger partial charge < -0.3 is 19.4 Å². The van der Waals surface area contributed by atoms with E-state index in [2.05, 4.69) is 6.58 Å². The lowest BCUT2D eigenvalue weighted by Crippen LogP contribution is -2.34. The first-order valence-corrected chi connectivity index (χ1v) is 4.12. The van der Waals surface area contributed by atoms with Crippen LogP contribution in [0.2, 0.25) is 0 Å². The van der Waals surface area contributed by atoms with Crippen molar-refractivity contribution < 1.29 is 19.4 Å². The lowest BCUT2D eigenvalue weighted by atomic mass is 10.1. The summed E-state index contributed by atoms with van der Waals surface area (Å²) in [4.78, 5) is 10.6. The maximum absolute atomic E-state index is 10.6. The third kappa shape index (κ3) is 2.15. The molecule has 0 aliphatic carbocycles. The molecule has 2 unspecified atom stereocenters. The SMILES string of the molecule is C=C[C@@H](O)C1OC(C)(C)OC1C=O. The molecule has 1 heterocycles. The molecule has 0 amide bonds. The van der Waals surface area contributed by atoms with Crippen LogP contribution in [-0.4, -0.2) is 35.5 Å². The highest BCUT2D eigenvalue weighted by Crippen LogP contribution is 2.29. The highest BCUT2D eigenvalue weighted by Gasteiger charge is 2.43. The normalized spacial score (nSPS) is 34.1. The Morgan fingerprint density at radius 2 is 2.15 bits per heavy atom. The second-order valence-electron chi connectivity index (χ2n) is 3.43. The number of aliphatic hydroxyl groups excluding tert-OH is 1. The molecule has 1 aliphatic rings. The van der Waals surface area contributed by atoms with Gasteiger partial charge in [-0.3, -0.25) is 0 Å². The molecule has 1 N–H and O–H groups in total. The summed E-state index contributed by atoms with van der Waals surface area (Å²) < 4.78 is 10.6. The lowest BCUT2D eigenvalue weighted by molar-refractivity contribution is -0.154. The minimum Gasteiger partial charge on any atom is -0.386 e. The van der Waals surface area contributed by atoms with Crippen molar-refractivity contribution in [1.82, 2.24) is 0 Å². The molecular formula is C9H14O4. The van der Waals surface area contributed by atoms with Gasteiger partial charge in [0.05, 0.1) is 0 Å². The second kappa shape index (κ2) is 3.57. The number of hydrogen-bond donors (Lipinski definition) is 1. The molecule has 1 fully saturated rings. The molecule has 0 aromatic rings. The van der Waals surface area contributed by atoms with Gasteiger partial charge in [0.25, 0.3) is 0 Å². The third-order valence-corrected chi connectivity index (χ3v) is 1.88. The van der Waals surface area contributed by atoms with Crippen LogP contribution in [-0.2, 0) is 14.3 Å². The molecule has 0 saturated carbocycles. The van der Waals surface area contributed by atoms with Gasteiger partial charge in [-0.2, -0.15) is 0 Å². The number of aldehydes is 1. The summed E-state index contributed by atoms with van der Waals surface area (Å²) in [6.45, 7) is 6.81. The molecule has 0 radical (unpaired) electrons. The number of carbonyl (C=O) groups excluding carboxylic acids is 1. The molecule has 1 aliphatic heterocycles. The van der Waals surface area contributed by atoms with Gasteiger partial charge in [0, 0.05) is 0 Å². The Balaban J connectivity index is 2.74. The van der Waals surface area contributed by atoms with Crippen molar-refractivity contribution >= 4 is 6.29 Å². The summed E-state index contributed by atoms with van der Waals surface area (Å²) in [6, 6.07) is 0. The van der Waals surface area contributed by atoms with Crippen molar-refractivity contribution in [2.75, 3.05) is 0 Å². The molecule has 0 spiro atoms. The number of carbonyl (C=O) groups is 1. The zero-order valence-corrected chi connectivity index (χ0v) is 7.77. The molecule has 0 aromatic heterocycles. The summed E-state index contributed by atoms with van der Waals surface area (Å²) in [5.41, 5.74) is 0.